The first-order chi connectivity index (χ1) is 16.7. The largest absolute Gasteiger partial charge is 0.490 e. The number of amides is 2. The molecule has 1 aromatic heterocycles. The van der Waals surface area contributed by atoms with Crippen LogP contribution in [0, 0.1) is 5.92 Å². The average Bonchev–Trinajstić information content (AvgIpc) is 2.80. The van der Waals surface area contributed by atoms with Crippen molar-refractivity contribution in [3.05, 3.63) is 47.1 Å². The number of hydrogen-bond acceptors (Lipinski definition) is 7. The highest BCUT2D eigenvalue weighted by molar-refractivity contribution is 7.90. The third-order valence-corrected chi connectivity index (χ3v) is 6.18. The van der Waals surface area contributed by atoms with E-state index < -0.39 is 27.9 Å². The number of carbonyl (C=O) groups excluding carboxylic acids is 2. The number of aliphatic carboxylic acids is 1. The van der Waals surface area contributed by atoms with Gasteiger partial charge in [-0.2, -0.15) is 13.2 Å². The van der Waals surface area contributed by atoms with E-state index in [1.807, 2.05) is 0 Å². The van der Waals surface area contributed by atoms with Gasteiger partial charge in [0.15, 0.2) is 9.84 Å². The second-order valence-corrected chi connectivity index (χ2v) is 10.1. The second-order valence-electron chi connectivity index (χ2n) is 7.61. The number of pyridine rings is 1. The fourth-order valence-corrected chi connectivity index (χ4v) is 3.76. The molecule has 2 aromatic rings. The number of anilines is 2. The summed E-state index contributed by atoms with van der Waals surface area (Å²) in [6.07, 6.45) is -1.26. The number of nitrogens with one attached hydrogen (secondary N) is 3. The molecule has 0 saturated carbocycles. The maximum absolute atomic E-state index is 12.8. The smallest absolute Gasteiger partial charge is 0.475 e. The van der Waals surface area contributed by atoms with Crippen LogP contribution < -0.4 is 16.0 Å². The SMILES string of the molecule is CS(=O)(=O)c1ccc(NC(=O)C2CCNCC2)c(C(=O)Nc2ccc(Cl)cn2)c1.O=C(O)C(F)(F)F. The minimum absolute atomic E-state index is 0.0217. The van der Waals surface area contributed by atoms with Crippen molar-refractivity contribution in [2.45, 2.75) is 23.9 Å². The van der Waals surface area contributed by atoms with Crippen LogP contribution in [0.3, 0.4) is 0 Å². The fraction of sp³-hybridized carbons (Fsp3) is 0.333. The van der Waals surface area contributed by atoms with Gasteiger partial charge in [-0.25, -0.2) is 18.2 Å². The first-order valence-electron chi connectivity index (χ1n) is 10.3. The molecule has 0 bridgehead atoms. The van der Waals surface area contributed by atoms with Crippen molar-refractivity contribution in [3.8, 4) is 0 Å². The highest BCUT2D eigenvalue weighted by Crippen LogP contribution is 2.24. The van der Waals surface area contributed by atoms with Crippen molar-refractivity contribution in [1.82, 2.24) is 10.3 Å². The standard InChI is InChI=1S/C19H21ClN4O4S.C2HF3O2/c1-29(27,28)14-3-4-16(23-18(25)12-6-8-21-9-7-12)15(10-14)19(26)24-17-5-2-13(20)11-22-17;3-2(4,5)1(6)7/h2-5,10-12,21H,6-9H2,1H3,(H,23,25)(H,22,24,26);(H,6,7). The van der Waals surface area contributed by atoms with Gasteiger partial charge in [0.1, 0.15) is 5.82 Å². The average molecular weight is 551 g/mol. The third kappa shape index (κ3) is 8.77. The van der Waals surface area contributed by atoms with Crippen LogP contribution in [0.5, 0.6) is 0 Å². The highest BCUT2D eigenvalue weighted by atomic mass is 35.5. The number of aromatic nitrogens is 1. The Bertz CT molecular complexity index is 1220. The summed E-state index contributed by atoms with van der Waals surface area (Å²) >= 11 is 5.80. The molecule has 15 heteroatoms. The van der Waals surface area contributed by atoms with Crippen molar-refractivity contribution in [3.63, 3.8) is 0 Å². The summed E-state index contributed by atoms with van der Waals surface area (Å²) < 4.78 is 55.6. The van der Waals surface area contributed by atoms with Crippen molar-refractivity contribution in [2.24, 2.45) is 5.92 Å². The van der Waals surface area contributed by atoms with E-state index in [1.165, 1.54) is 30.5 Å². The number of sulfone groups is 1. The van der Waals surface area contributed by atoms with Crippen molar-refractivity contribution < 1.29 is 41.1 Å². The summed E-state index contributed by atoms with van der Waals surface area (Å²) in [4.78, 5) is 38.3. The van der Waals surface area contributed by atoms with Crippen LogP contribution in [0.15, 0.2) is 41.4 Å². The molecule has 1 aliphatic rings. The van der Waals surface area contributed by atoms with E-state index in [9.17, 15) is 31.2 Å². The molecule has 36 heavy (non-hydrogen) atoms. The Morgan fingerprint density at radius 3 is 2.22 bits per heavy atom. The Kier molecular flexibility index (Phi) is 9.78. The molecule has 1 saturated heterocycles. The normalized spacial score (nSPS) is 14.2. The molecule has 0 spiro atoms. The molecule has 2 amide bonds. The van der Waals surface area contributed by atoms with Crippen LogP contribution in [0.25, 0.3) is 0 Å². The minimum Gasteiger partial charge on any atom is -0.475 e. The maximum Gasteiger partial charge on any atom is 0.490 e. The minimum atomic E-state index is -5.08. The number of carbonyl (C=O) groups is 3. The topological polar surface area (TPSA) is 155 Å². The molecule has 0 aliphatic carbocycles. The number of rotatable bonds is 5. The van der Waals surface area contributed by atoms with Gasteiger partial charge >= 0.3 is 12.1 Å². The molecular formula is C21H22ClF3N4O6S. The van der Waals surface area contributed by atoms with E-state index in [4.69, 9.17) is 21.5 Å². The van der Waals surface area contributed by atoms with Gasteiger partial charge in [0.2, 0.25) is 5.91 Å². The molecule has 196 valence electrons. The van der Waals surface area contributed by atoms with Gasteiger partial charge in [-0.15, -0.1) is 0 Å². The van der Waals surface area contributed by atoms with Crippen LogP contribution in [0.2, 0.25) is 5.02 Å². The maximum atomic E-state index is 12.8. The van der Waals surface area contributed by atoms with Gasteiger partial charge in [-0.1, -0.05) is 11.6 Å². The van der Waals surface area contributed by atoms with Gasteiger partial charge in [-0.3, -0.25) is 9.59 Å². The number of carboxylic acids is 1. The number of alkyl halides is 3. The molecule has 1 aromatic carbocycles. The lowest BCUT2D eigenvalue weighted by atomic mass is 9.97. The molecule has 1 fully saturated rings. The highest BCUT2D eigenvalue weighted by Gasteiger charge is 2.38. The van der Waals surface area contributed by atoms with E-state index in [0.29, 0.717) is 17.9 Å². The lowest BCUT2D eigenvalue weighted by Crippen LogP contribution is -2.35. The lowest BCUT2D eigenvalue weighted by molar-refractivity contribution is -0.192. The first kappa shape index (κ1) is 29.0. The van der Waals surface area contributed by atoms with E-state index in [0.717, 1.165) is 19.3 Å². The van der Waals surface area contributed by atoms with Crippen molar-refractivity contribution >= 4 is 50.7 Å². The summed E-state index contributed by atoms with van der Waals surface area (Å²) in [5, 5.41) is 16.1. The molecular weight excluding hydrogens is 529 g/mol. The number of hydrogen-bond donors (Lipinski definition) is 4. The Morgan fingerprint density at radius 2 is 1.72 bits per heavy atom. The zero-order valence-electron chi connectivity index (χ0n) is 18.7. The summed E-state index contributed by atoms with van der Waals surface area (Å²) in [7, 11) is -3.54. The summed E-state index contributed by atoms with van der Waals surface area (Å²) in [5.74, 6) is -3.46. The molecule has 10 nitrogen and oxygen atoms in total. The van der Waals surface area contributed by atoms with Crippen LogP contribution in [-0.4, -0.2) is 61.8 Å². The van der Waals surface area contributed by atoms with Crippen LogP contribution in [-0.2, 0) is 19.4 Å². The zero-order valence-corrected chi connectivity index (χ0v) is 20.3. The molecule has 1 aliphatic heterocycles. The van der Waals surface area contributed by atoms with Crippen LogP contribution in [0.1, 0.15) is 23.2 Å². The number of nitrogens with zero attached hydrogens (tertiary/aromatic N) is 1. The molecule has 2 heterocycles. The monoisotopic (exact) mass is 550 g/mol. The predicted molar refractivity (Wildman–Crippen MR) is 125 cm³/mol. The Morgan fingerprint density at radius 1 is 1.11 bits per heavy atom. The number of halogens is 4. The molecule has 0 atom stereocenters. The van der Waals surface area contributed by atoms with E-state index in [1.54, 1.807) is 6.07 Å². The van der Waals surface area contributed by atoms with Gasteiger partial charge in [0.25, 0.3) is 5.91 Å². The lowest BCUT2D eigenvalue weighted by Gasteiger charge is -2.22. The van der Waals surface area contributed by atoms with Gasteiger partial charge in [-0.05, 0) is 56.3 Å². The van der Waals surface area contributed by atoms with E-state index >= 15 is 0 Å². The van der Waals surface area contributed by atoms with Crippen LogP contribution in [0.4, 0.5) is 24.7 Å². The quantitative estimate of drug-likeness (QED) is 0.443. The second kappa shape index (κ2) is 12.1. The van der Waals surface area contributed by atoms with Crippen molar-refractivity contribution in [1.29, 1.82) is 0 Å². The Labute approximate surface area is 209 Å². The summed E-state index contributed by atoms with van der Waals surface area (Å²) in [5.41, 5.74) is 0.277. The Hall–Kier alpha value is -3.23. The fourth-order valence-electron chi connectivity index (χ4n) is 3.00. The van der Waals surface area contributed by atoms with Gasteiger partial charge < -0.3 is 21.1 Å². The third-order valence-electron chi connectivity index (χ3n) is 4.84. The summed E-state index contributed by atoms with van der Waals surface area (Å²) in [6, 6.07) is 7.13. The van der Waals surface area contributed by atoms with Gasteiger partial charge in [0, 0.05) is 18.4 Å². The Balaban J connectivity index is 0.000000572. The number of piperidine rings is 1. The molecule has 0 radical (unpaired) electrons. The van der Waals surface area contributed by atoms with Crippen LogP contribution >= 0.6 is 11.6 Å². The van der Waals surface area contributed by atoms with E-state index in [-0.39, 0.29) is 33.8 Å². The zero-order chi connectivity index (χ0) is 27.1. The number of carboxylic acid groups (broad SMARTS) is 1. The molecule has 4 N–H and O–H groups in total. The predicted octanol–water partition coefficient (Wildman–Crippen LogP) is 2.96. The molecule has 0 unspecified atom stereocenters. The first-order valence-corrected chi connectivity index (χ1v) is 12.5. The molecule has 3 rings (SSSR count). The van der Waals surface area contributed by atoms with E-state index in [2.05, 4.69) is 20.9 Å². The van der Waals surface area contributed by atoms with Gasteiger partial charge in [0.05, 0.1) is 21.2 Å². The summed E-state index contributed by atoms with van der Waals surface area (Å²) in [6.45, 7) is 1.50. The number of benzene rings is 1. The van der Waals surface area contributed by atoms with Crippen molar-refractivity contribution in [2.75, 3.05) is 30.0 Å².